The van der Waals surface area contributed by atoms with Crippen LogP contribution in [-0.4, -0.2) is 56.7 Å². The second-order valence-corrected chi connectivity index (χ2v) is 8.23. The molecule has 1 aromatic heterocycles. The maximum absolute atomic E-state index is 13.3. The van der Waals surface area contributed by atoms with Gasteiger partial charge in [-0.2, -0.15) is 5.10 Å². The van der Waals surface area contributed by atoms with Crippen LogP contribution in [0, 0.1) is 0 Å². The monoisotopic (exact) mass is 443 g/mol. The van der Waals surface area contributed by atoms with E-state index in [9.17, 15) is 4.79 Å². The molecule has 3 aromatic rings. The Bertz CT molecular complexity index is 985. The molecule has 0 saturated carbocycles. The predicted octanol–water partition coefficient (Wildman–Crippen LogP) is 4.31. The molecule has 0 atom stereocenters. The van der Waals surface area contributed by atoms with Crippen molar-refractivity contribution in [1.29, 1.82) is 0 Å². The van der Waals surface area contributed by atoms with E-state index in [-0.39, 0.29) is 5.91 Å². The van der Waals surface area contributed by atoms with Gasteiger partial charge in [-0.3, -0.25) is 4.79 Å². The van der Waals surface area contributed by atoms with Gasteiger partial charge in [0.15, 0.2) is 0 Å². The third-order valence-electron chi connectivity index (χ3n) is 5.33. The molecule has 0 spiro atoms. The summed E-state index contributed by atoms with van der Waals surface area (Å²) in [5.74, 6) is -0.00888. The first-order chi connectivity index (χ1) is 14.6. The molecule has 4 rings (SSSR count). The highest BCUT2D eigenvalue weighted by Gasteiger charge is 2.19. The van der Waals surface area contributed by atoms with Crippen LogP contribution in [-0.2, 0) is 6.54 Å². The zero-order valence-electron chi connectivity index (χ0n) is 16.5. The third-order valence-corrected chi connectivity index (χ3v) is 6.07. The first kappa shape index (κ1) is 20.8. The fourth-order valence-electron chi connectivity index (χ4n) is 3.66. The Morgan fingerprint density at radius 3 is 2.47 bits per heavy atom. The van der Waals surface area contributed by atoms with Crippen molar-refractivity contribution in [2.45, 2.75) is 19.4 Å². The topological polar surface area (TPSA) is 54.3 Å². The molecular formula is C22H23Cl2N5O. The van der Waals surface area contributed by atoms with Gasteiger partial charge in [-0.15, -0.1) is 0 Å². The van der Waals surface area contributed by atoms with Gasteiger partial charge in [0.1, 0.15) is 12.7 Å². The summed E-state index contributed by atoms with van der Waals surface area (Å²) in [5, 5.41) is 5.13. The van der Waals surface area contributed by atoms with Crippen LogP contribution in [0.15, 0.2) is 55.1 Å². The molecule has 1 aliphatic heterocycles. The molecule has 30 heavy (non-hydrogen) atoms. The van der Waals surface area contributed by atoms with Crippen LogP contribution >= 0.6 is 23.2 Å². The molecule has 1 amide bonds. The quantitative estimate of drug-likeness (QED) is 0.545. The average molecular weight is 444 g/mol. The summed E-state index contributed by atoms with van der Waals surface area (Å²) in [6.07, 6.45) is 5.56. The van der Waals surface area contributed by atoms with E-state index >= 15 is 0 Å². The number of likely N-dealkylation sites (tertiary alicyclic amines) is 1. The van der Waals surface area contributed by atoms with Gasteiger partial charge in [-0.1, -0.05) is 29.3 Å². The lowest BCUT2D eigenvalue weighted by Crippen LogP contribution is -2.37. The highest BCUT2D eigenvalue weighted by molar-refractivity contribution is 6.42. The Morgan fingerprint density at radius 2 is 1.80 bits per heavy atom. The summed E-state index contributed by atoms with van der Waals surface area (Å²) < 4.78 is 1.66. The van der Waals surface area contributed by atoms with E-state index in [4.69, 9.17) is 23.2 Å². The number of hydrogen-bond donors (Lipinski definition) is 0. The molecule has 0 unspecified atom stereocenters. The number of aromatic nitrogens is 3. The maximum Gasteiger partial charge on any atom is 0.254 e. The highest BCUT2D eigenvalue weighted by Crippen LogP contribution is 2.24. The Hall–Kier alpha value is -2.41. The molecule has 0 radical (unpaired) electrons. The van der Waals surface area contributed by atoms with Crippen molar-refractivity contribution >= 4 is 29.1 Å². The lowest BCUT2D eigenvalue weighted by molar-refractivity contribution is 0.0727. The zero-order valence-corrected chi connectivity index (χ0v) is 18.1. The van der Waals surface area contributed by atoms with Crippen molar-refractivity contribution in [3.8, 4) is 5.69 Å². The smallest absolute Gasteiger partial charge is 0.254 e. The molecule has 1 saturated heterocycles. The normalized spacial score (nSPS) is 14.2. The summed E-state index contributed by atoms with van der Waals surface area (Å²) in [6, 6.07) is 12.9. The molecule has 2 aromatic carbocycles. The fourth-order valence-corrected chi connectivity index (χ4v) is 3.98. The van der Waals surface area contributed by atoms with E-state index in [1.807, 2.05) is 41.3 Å². The minimum Gasteiger partial charge on any atom is -0.333 e. The molecule has 0 bridgehead atoms. The zero-order chi connectivity index (χ0) is 20.9. The lowest BCUT2D eigenvalue weighted by Gasteiger charge is -2.26. The number of benzene rings is 2. The van der Waals surface area contributed by atoms with Crippen LogP contribution in [0.5, 0.6) is 0 Å². The minimum atomic E-state index is -0.00888. The van der Waals surface area contributed by atoms with Crippen LogP contribution in [0.2, 0.25) is 10.0 Å². The number of nitrogens with zero attached hydrogens (tertiary/aromatic N) is 5. The van der Waals surface area contributed by atoms with Crippen molar-refractivity contribution in [2.24, 2.45) is 0 Å². The Kier molecular flexibility index (Phi) is 6.67. The highest BCUT2D eigenvalue weighted by atomic mass is 35.5. The molecule has 6 nitrogen and oxygen atoms in total. The Labute approximate surface area is 186 Å². The van der Waals surface area contributed by atoms with Crippen molar-refractivity contribution in [3.05, 3.63) is 76.3 Å². The fraction of sp³-hybridized carbons (Fsp3) is 0.318. The molecule has 1 aliphatic rings. The van der Waals surface area contributed by atoms with E-state index in [0.29, 0.717) is 28.7 Å². The molecule has 156 valence electrons. The molecule has 0 N–H and O–H groups in total. The van der Waals surface area contributed by atoms with Gasteiger partial charge in [0, 0.05) is 25.2 Å². The number of hydrogen-bond acceptors (Lipinski definition) is 4. The van der Waals surface area contributed by atoms with Crippen molar-refractivity contribution < 1.29 is 4.79 Å². The van der Waals surface area contributed by atoms with Crippen LogP contribution in [0.3, 0.4) is 0 Å². The van der Waals surface area contributed by atoms with Gasteiger partial charge < -0.3 is 9.80 Å². The van der Waals surface area contributed by atoms with Crippen LogP contribution in [0.4, 0.5) is 0 Å². The van der Waals surface area contributed by atoms with Gasteiger partial charge >= 0.3 is 0 Å². The second kappa shape index (κ2) is 9.60. The standard InChI is InChI=1S/C22H23Cl2N5O/c23-20-8-3-17(13-21(20)24)14-28(12-11-27-9-1-2-10-27)22(30)18-4-6-19(7-5-18)29-16-25-15-26-29/h3-8,13,15-16H,1-2,9-12,14H2. The average Bonchev–Trinajstić information content (AvgIpc) is 3.47. The van der Waals surface area contributed by atoms with Gasteiger partial charge in [0.05, 0.1) is 15.7 Å². The lowest BCUT2D eigenvalue weighted by atomic mass is 10.1. The molecule has 2 heterocycles. The largest absolute Gasteiger partial charge is 0.333 e. The number of amides is 1. The molecule has 0 aliphatic carbocycles. The van der Waals surface area contributed by atoms with Crippen molar-refractivity contribution in [1.82, 2.24) is 24.6 Å². The second-order valence-electron chi connectivity index (χ2n) is 7.41. The predicted molar refractivity (Wildman–Crippen MR) is 118 cm³/mol. The molecular weight excluding hydrogens is 421 g/mol. The maximum atomic E-state index is 13.3. The first-order valence-corrected chi connectivity index (χ1v) is 10.8. The van der Waals surface area contributed by atoms with Crippen molar-refractivity contribution in [3.63, 3.8) is 0 Å². The van der Waals surface area contributed by atoms with Crippen LogP contribution < -0.4 is 0 Å². The van der Waals surface area contributed by atoms with E-state index in [1.165, 1.54) is 19.2 Å². The van der Waals surface area contributed by atoms with E-state index in [1.54, 1.807) is 17.1 Å². The summed E-state index contributed by atoms with van der Waals surface area (Å²) in [7, 11) is 0. The Morgan fingerprint density at radius 1 is 1.03 bits per heavy atom. The third kappa shape index (κ3) is 5.01. The van der Waals surface area contributed by atoms with Gasteiger partial charge in [0.2, 0.25) is 0 Å². The first-order valence-electron chi connectivity index (χ1n) is 10.0. The van der Waals surface area contributed by atoms with Crippen molar-refractivity contribution in [2.75, 3.05) is 26.2 Å². The molecule has 8 heteroatoms. The summed E-state index contributed by atoms with van der Waals surface area (Å²) in [4.78, 5) is 21.6. The van der Waals surface area contributed by atoms with Gasteiger partial charge in [0.25, 0.3) is 5.91 Å². The molecule has 1 fully saturated rings. The minimum absolute atomic E-state index is 0.00888. The number of halogens is 2. The number of rotatable bonds is 7. The Balaban J connectivity index is 1.52. The summed E-state index contributed by atoms with van der Waals surface area (Å²) in [5.41, 5.74) is 2.45. The van der Waals surface area contributed by atoms with E-state index in [2.05, 4.69) is 15.0 Å². The van der Waals surface area contributed by atoms with Crippen LogP contribution in [0.1, 0.15) is 28.8 Å². The van der Waals surface area contributed by atoms with Gasteiger partial charge in [-0.05, 0) is 67.9 Å². The van der Waals surface area contributed by atoms with Gasteiger partial charge in [-0.25, -0.2) is 9.67 Å². The summed E-state index contributed by atoms with van der Waals surface area (Å²) >= 11 is 12.2. The van der Waals surface area contributed by atoms with Crippen LogP contribution in [0.25, 0.3) is 5.69 Å². The SMILES string of the molecule is O=C(c1ccc(-n2cncn2)cc1)N(CCN1CCCC1)Cc1ccc(Cl)c(Cl)c1. The summed E-state index contributed by atoms with van der Waals surface area (Å²) in [6.45, 7) is 4.20. The number of carbonyl (C=O) groups is 1. The van der Waals surface area contributed by atoms with E-state index < -0.39 is 0 Å². The number of carbonyl (C=O) groups excluding carboxylic acids is 1. The van der Waals surface area contributed by atoms with E-state index in [0.717, 1.165) is 30.9 Å².